The molecule has 1 atom stereocenters. The van der Waals surface area contributed by atoms with Crippen molar-refractivity contribution < 1.29 is 28.6 Å². The van der Waals surface area contributed by atoms with Gasteiger partial charge in [-0.1, -0.05) is 312 Å². The summed E-state index contributed by atoms with van der Waals surface area (Å²) in [4.78, 5) is 38.4. The van der Waals surface area contributed by atoms with E-state index in [0.717, 1.165) is 96.3 Å². The molecule has 0 bridgehead atoms. The van der Waals surface area contributed by atoms with Gasteiger partial charge in [-0.2, -0.15) is 0 Å². The molecule has 1 unspecified atom stereocenters. The second-order valence-corrected chi connectivity index (χ2v) is 22.7. The molecule has 0 fully saturated rings. The Morgan fingerprint density at radius 2 is 0.500 bits per heavy atom. The van der Waals surface area contributed by atoms with E-state index >= 15 is 0 Å². The SMILES string of the molecule is CC/C=C\C/C=C\C/C=C\C/C=C\C/C=C\CCCCCC(=O)OCC(COC(=O)CCCCCCCCCCC/C=C\CCCCCCCCCC)OC(=O)CCCCCCCCCCCCCCCCCCCCCC. The Hall–Kier alpha value is -3.15. The average Bonchev–Trinajstić information content (AvgIpc) is 3.44. The van der Waals surface area contributed by atoms with E-state index in [-0.39, 0.29) is 31.1 Å². The largest absolute Gasteiger partial charge is 0.462 e. The molecule has 0 aromatic heterocycles. The minimum absolute atomic E-state index is 0.0839. The molecule has 0 aromatic carbocycles. The number of carbonyl (C=O) groups excluding carboxylic acids is 3. The standard InChI is InChI=1S/C72H128O6/c1-4-7-10-13-16-19-22-25-28-31-34-36-39-41-44-47-50-53-56-59-62-65-71(74)77-68-69(67-76-70(73)64-61-58-55-52-49-46-43-40-37-33-30-27-24-21-18-15-12-9-6-3)78-72(75)66-63-60-57-54-51-48-45-42-38-35-32-29-26-23-20-17-14-11-8-5-2/h9,12,18,21,27,30-31,34,37,40,46,49,69H,4-8,10-11,13-17,19-20,22-26,28-29,32-33,35-36,38-39,41-45,47-48,50-68H2,1-3H3/b12-9-,21-18-,30-27-,34-31-,40-37-,49-46-. The van der Waals surface area contributed by atoms with Crippen LogP contribution in [0.1, 0.15) is 348 Å². The van der Waals surface area contributed by atoms with E-state index in [1.165, 1.54) is 212 Å². The predicted molar refractivity (Wildman–Crippen MR) is 339 cm³/mol. The maximum absolute atomic E-state index is 12.9. The summed E-state index contributed by atoms with van der Waals surface area (Å²) in [7, 11) is 0. The molecule has 0 spiro atoms. The Balaban J connectivity index is 4.39. The Morgan fingerprint density at radius 1 is 0.269 bits per heavy atom. The van der Waals surface area contributed by atoms with Gasteiger partial charge in [0.25, 0.3) is 0 Å². The highest BCUT2D eigenvalue weighted by atomic mass is 16.6. The summed E-state index contributed by atoms with van der Waals surface area (Å²) in [5.41, 5.74) is 0. The number of ether oxygens (including phenoxy) is 3. The van der Waals surface area contributed by atoms with E-state index in [1.807, 2.05) is 0 Å². The smallest absolute Gasteiger partial charge is 0.306 e. The van der Waals surface area contributed by atoms with E-state index in [0.29, 0.717) is 19.3 Å². The lowest BCUT2D eigenvalue weighted by atomic mass is 10.0. The molecule has 6 heteroatoms. The molecule has 6 nitrogen and oxygen atoms in total. The van der Waals surface area contributed by atoms with Crippen LogP contribution in [0.25, 0.3) is 0 Å². The number of hydrogen-bond donors (Lipinski definition) is 0. The van der Waals surface area contributed by atoms with Gasteiger partial charge < -0.3 is 14.2 Å². The van der Waals surface area contributed by atoms with Gasteiger partial charge in [0.2, 0.25) is 0 Å². The molecule has 452 valence electrons. The molecule has 0 N–H and O–H groups in total. The van der Waals surface area contributed by atoms with Crippen LogP contribution in [0.4, 0.5) is 0 Å². The fourth-order valence-electron chi connectivity index (χ4n) is 9.88. The van der Waals surface area contributed by atoms with E-state index in [2.05, 4.69) is 93.7 Å². The highest BCUT2D eigenvalue weighted by Gasteiger charge is 2.19. The van der Waals surface area contributed by atoms with Crippen LogP contribution < -0.4 is 0 Å². The van der Waals surface area contributed by atoms with Gasteiger partial charge in [0, 0.05) is 19.3 Å². The normalized spacial score (nSPS) is 12.5. The van der Waals surface area contributed by atoms with Crippen molar-refractivity contribution in [2.75, 3.05) is 13.2 Å². The highest BCUT2D eigenvalue weighted by molar-refractivity contribution is 5.71. The second kappa shape index (κ2) is 66.4. The maximum Gasteiger partial charge on any atom is 0.306 e. The molecule has 0 aromatic rings. The van der Waals surface area contributed by atoms with Crippen LogP contribution >= 0.6 is 0 Å². The third-order valence-electron chi connectivity index (χ3n) is 14.9. The first-order valence-corrected chi connectivity index (χ1v) is 33.9. The Kier molecular flexibility index (Phi) is 63.7. The van der Waals surface area contributed by atoms with Crippen molar-refractivity contribution in [2.45, 2.75) is 354 Å². The molecular weight excluding hydrogens is 961 g/mol. The molecule has 0 saturated carbocycles. The Labute approximate surface area is 484 Å². The third-order valence-corrected chi connectivity index (χ3v) is 14.9. The lowest BCUT2D eigenvalue weighted by Crippen LogP contribution is -2.30. The van der Waals surface area contributed by atoms with Gasteiger partial charge in [-0.3, -0.25) is 14.4 Å². The molecule has 0 amide bonds. The monoisotopic (exact) mass is 1090 g/mol. The third kappa shape index (κ3) is 63.7. The van der Waals surface area contributed by atoms with Crippen LogP contribution in [0.2, 0.25) is 0 Å². The second-order valence-electron chi connectivity index (χ2n) is 22.7. The van der Waals surface area contributed by atoms with Gasteiger partial charge in [-0.05, 0) is 89.9 Å². The quantitative estimate of drug-likeness (QED) is 0.0261. The molecule has 0 aliphatic heterocycles. The average molecular weight is 1090 g/mol. The number of rotatable bonds is 62. The fraction of sp³-hybridized carbons (Fsp3) is 0.792. The molecule has 0 saturated heterocycles. The van der Waals surface area contributed by atoms with Crippen LogP contribution in [-0.4, -0.2) is 37.2 Å². The molecule has 0 aliphatic rings. The van der Waals surface area contributed by atoms with Crippen LogP contribution in [0.3, 0.4) is 0 Å². The summed E-state index contributed by atoms with van der Waals surface area (Å²) >= 11 is 0. The summed E-state index contributed by atoms with van der Waals surface area (Å²) in [6.45, 7) is 6.55. The number of unbranched alkanes of at least 4 members (excludes halogenated alkanes) is 39. The topological polar surface area (TPSA) is 78.9 Å². The van der Waals surface area contributed by atoms with Crippen LogP contribution in [0.5, 0.6) is 0 Å². The zero-order chi connectivity index (χ0) is 56.4. The Morgan fingerprint density at radius 3 is 0.808 bits per heavy atom. The van der Waals surface area contributed by atoms with E-state index in [4.69, 9.17) is 14.2 Å². The summed E-state index contributed by atoms with van der Waals surface area (Å²) in [6, 6.07) is 0. The van der Waals surface area contributed by atoms with Crippen molar-refractivity contribution in [2.24, 2.45) is 0 Å². The summed E-state index contributed by atoms with van der Waals surface area (Å²) in [5.74, 6) is -0.898. The first-order valence-electron chi connectivity index (χ1n) is 33.9. The van der Waals surface area contributed by atoms with Crippen molar-refractivity contribution in [3.63, 3.8) is 0 Å². The van der Waals surface area contributed by atoms with Crippen LogP contribution in [-0.2, 0) is 28.6 Å². The van der Waals surface area contributed by atoms with E-state index in [1.54, 1.807) is 0 Å². The van der Waals surface area contributed by atoms with Crippen molar-refractivity contribution in [1.29, 1.82) is 0 Å². The number of allylic oxidation sites excluding steroid dienone is 12. The predicted octanol–water partition coefficient (Wildman–Crippen LogP) is 23.3. The van der Waals surface area contributed by atoms with Crippen molar-refractivity contribution in [1.82, 2.24) is 0 Å². The first kappa shape index (κ1) is 74.8. The number of esters is 3. The fourth-order valence-corrected chi connectivity index (χ4v) is 9.88. The van der Waals surface area contributed by atoms with Gasteiger partial charge in [0.1, 0.15) is 13.2 Å². The molecular formula is C72H128O6. The molecule has 0 rings (SSSR count). The summed E-state index contributed by atoms with van der Waals surface area (Å²) in [6.07, 6.45) is 86.3. The summed E-state index contributed by atoms with van der Waals surface area (Å²) < 4.78 is 17.0. The molecule has 0 aliphatic carbocycles. The Bertz CT molecular complexity index is 1440. The van der Waals surface area contributed by atoms with Gasteiger partial charge in [-0.25, -0.2) is 0 Å². The van der Waals surface area contributed by atoms with Gasteiger partial charge in [0.05, 0.1) is 0 Å². The van der Waals surface area contributed by atoms with Gasteiger partial charge in [-0.15, -0.1) is 0 Å². The molecule has 0 heterocycles. The zero-order valence-electron chi connectivity index (χ0n) is 51.9. The van der Waals surface area contributed by atoms with Crippen LogP contribution in [0.15, 0.2) is 72.9 Å². The van der Waals surface area contributed by atoms with Crippen molar-refractivity contribution in [3.8, 4) is 0 Å². The van der Waals surface area contributed by atoms with Crippen LogP contribution in [0, 0.1) is 0 Å². The van der Waals surface area contributed by atoms with Gasteiger partial charge in [0.15, 0.2) is 6.10 Å². The zero-order valence-corrected chi connectivity index (χ0v) is 51.9. The lowest BCUT2D eigenvalue weighted by molar-refractivity contribution is -0.167. The van der Waals surface area contributed by atoms with Crippen molar-refractivity contribution >= 4 is 17.9 Å². The maximum atomic E-state index is 12.9. The minimum atomic E-state index is -0.790. The molecule has 78 heavy (non-hydrogen) atoms. The van der Waals surface area contributed by atoms with Crippen molar-refractivity contribution in [3.05, 3.63) is 72.9 Å². The summed E-state index contributed by atoms with van der Waals surface area (Å²) in [5, 5.41) is 0. The molecule has 0 radical (unpaired) electrons. The van der Waals surface area contributed by atoms with E-state index in [9.17, 15) is 14.4 Å². The van der Waals surface area contributed by atoms with Gasteiger partial charge >= 0.3 is 17.9 Å². The van der Waals surface area contributed by atoms with E-state index < -0.39 is 6.10 Å². The first-order chi connectivity index (χ1) is 38.5. The number of hydrogen-bond acceptors (Lipinski definition) is 6. The highest BCUT2D eigenvalue weighted by Crippen LogP contribution is 2.17. The minimum Gasteiger partial charge on any atom is -0.462 e. The lowest BCUT2D eigenvalue weighted by Gasteiger charge is -2.18. The number of carbonyl (C=O) groups is 3.